The molecule has 2 aromatic rings. The van der Waals surface area contributed by atoms with E-state index in [1.165, 1.54) is 13.2 Å². The summed E-state index contributed by atoms with van der Waals surface area (Å²) >= 11 is 5.87. The number of amides is 1. The van der Waals surface area contributed by atoms with Crippen LogP contribution in [0.3, 0.4) is 0 Å². The monoisotopic (exact) mass is 288 g/mol. The average molecular weight is 289 g/mol. The van der Waals surface area contributed by atoms with Crippen LogP contribution in [0.5, 0.6) is 5.75 Å². The summed E-state index contributed by atoms with van der Waals surface area (Å²) in [5.41, 5.74) is 3.67. The fraction of sp³-hybridized carbons (Fsp3) is 0.0667. The molecule has 0 radical (unpaired) electrons. The van der Waals surface area contributed by atoms with Gasteiger partial charge in [0.2, 0.25) is 0 Å². The lowest BCUT2D eigenvalue weighted by Gasteiger charge is -2.07. The summed E-state index contributed by atoms with van der Waals surface area (Å²) in [4.78, 5) is 12.0. The zero-order chi connectivity index (χ0) is 14.4. The van der Waals surface area contributed by atoms with Gasteiger partial charge in [-0.25, -0.2) is 5.43 Å². The molecule has 0 aliphatic carbocycles. The summed E-state index contributed by atoms with van der Waals surface area (Å²) < 4.78 is 5.11. The van der Waals surface area contributed by atoms with E-state index in [1.54, 1.807) is 18.3 Å². The van der Waals surface area contributed by atoms with E-state index >= 15 is 0 Å². The van der Waals surface area contributed by atoms with Crippen LogP contribution in [0.1, 0.15) is 15.9 Å². The zero-order valence-corrected chi connectivity index (χ0v) is 11.6. The van der Waals surface area contributed by atoms with Gasteiger partial charge < -0.3 is 4.74 Å². The first-order chi connectivity index (χ1) is 9.70. The molecule has 4 nitrogen and oxygen atoms in total. The molecule has 0 aromatic heterocycles. The first-order valence-electron chi connectivity index (χ1n) is 5.92. The van der Waals surface area contributed by atoms with Crippen LogP contribution in [0.2, 0.25) is 5.02 Å². The summed E-state index contributed by atoms with van der Waals surface area (Å²) in [7, 11) is 1.49. The minimum Gasteiger partial charge on any atom is -0.496 e. The molecule has 0 saturated heterocycles. The Labute approximate surface area is 122 Å². The topological polar surface area (TPSA) is 50.7 Å². The van der Waals surface area contributed by atoms with Gasteiger partial charge in [0.15, 0.2) is 0 Å². The van der Waals surface area contributed by atoms with Gasteiger partial charge in [-0.3, -0.25) is 4.79 Å². The highest BCUT2D eigenvalue weighted by molar-refractivity contribution is 6.31. The molecule has 0 fully saturated rings. The maximum atomic E-state index is 12.0. The molecular weight excluding hydrogens is 276 g/mol. The third-order valence-electron chi connectivity index (χ3n) is 2.59. The fourth-order valence-corrected chi connectivity index (χ4v) is 1.79. The van der Waals surface area contributed by atoms with Crippen molar-refractivity contribution in [2.45, 2.75) is 0 Å². The molecule has 0 atom stereocenters. The standard InChI is InChI=1S/C15H13ClN2O2/c1-20-14-8-7-12(16)9-13(14)15(19)18-17-10-11-5-3-2-4-6-11/h2-10H,1H3,(H,18,19)/b17-10+. The van der Waals surface area contributed by atoms with E-state index < -0.39 is 0 Å². The van der Waals surface area contributed by atoms with Crippen LogP contribution in [-0.4, -0.2) is 19.2 Å². The number of carbonyl (C=O) groups is 1. The first-order valence-corrected chi connectivity index (χ1v) is 6.30. The number of nitrogens with zero attached hydrogens (tertiary/aromatic N) is 1. The van der Waals surface area contributed by atoms with Crippen LogP contribution in [0.4, 0.5) is 0 Å². The number of hydrogen-bond donors (Lipinski definition) is 1. The van der Waals surface area contributed by atoms with Crippen molar-refractivity contribution in [1.82, 2.24) is 5.43 Å². The van der Waals surface area contributed by atoms with Crippen molar-refractivity contribution in [3.63, 3.8) is 0 Å². The van der Waals surface area contributed by atoms with Crippen molar-refractivity contribution in [2.24, 2.45) is 5.10 Å². The van der Waals surface area contributed by atoms with Crippen LogP contribution < -0.4 is 10.2 Å². The normalized spacial score (nSPS) is 10.5. The Morgan fingerprint density at radius 2 is 2.00 bits per heavy atom. The van der Waals surface area contributed by atoms with E-state index in [4.69, 9.17) is 16.3 Å². The van der Waals surface area contributed by atoms with Gasteiger partial charge in [-0.1, -0.05) is 41.9 Å². The van der Waals surface area contributed by atoms with Gasteiger partial charge in [-0.05, 0) is 23.8 Å². The van der Waals surface area contributed by atoms with Gasteiger partial charge in [-0.15, -0.1) is 0 Å². The predicted molar refractivity (Wildman–Crippen MR) is 79.5 cm³/mol. The molecule has 1 N–H and O–H groups in total. The fourth-order valence-electron chi connectivity index (χ4n) is 1.62. The molecule has 2 aromatic carbocycles. The number of benzene rings is 2. The van der Waals surface area contributed by atoms with Crippen molar-refractivity contribution in [3.05, 3.63) is 64.7 Å². The van der Waals surface area contributed by atoms with E-state index in [9.17, 15) is 4.79 Å². The second-order valence-electron chi connectivity index (χ2n) is 3.95. The number of ether oxygens (including phenoxy) is 1. The van der Waals surface area contributed by atoms with Crippen LogP contribution in [0.25, 0.3) is 0 Å². The lowest BCUT2D eigenvalue weighted by Crippen LogP contribution is -2.18. The molecule has 1 amide bonds. The van der Waals surface area contributed by atoms with Crippen molar-refractivity contribution >= 4 is 23.7 Å². The number of rotatable bonds is 4. The Morgan fingerprint density at radius 1 is 1.25 bits per heavy atom. The third kappa shape index (κ3) is 3.59. The molecular formula is C15H13ClN2O2. The zero-order valence-electron chi connectivity index (χ0n) is 10.8. The Hall–Kier alpha value is -2.33. The van der Waals surface area contributed by atoms with Gasteiger partial charge in [0, 0.05) is 5.02 Å². The molecule has 5 heteroatoms. The van der Waals surface area contributed by atoms with Crippen molar-refractivity contribution < 1.29 is 9.53 Å². The summed E-state index contributed by atoms with van der Waals surface area (Å²) in [6.07, 6.45) is 1.56. The van der Waals surface area contributed by atoms with E-state index in [2.05, 4.69) is 10.5 Å². The Kier molecular flexibility index (Phi) is 4.74. The molecule has 0 unspecified atom stereocenters. The highest BCUT2D eigenvalue weighted by atomic mass is 35.5. The maximum absolute atomic E-state index is 12.0. The van der Waals surface area contributed by atoms with Crippen molar-refractivity contribution in [3.8, 4) is 5.75 Å². The first kappa shape index (κ1) is 14.1. The number of halogens is 1. The Bertz CT molecular complexity index is 627. The molecule has 0 aliphatic heterocycles. The molecule has 0 aliphatic rings. The quantitative estimate of drug-likeness (QED) is 0.694. The minimum absolute atomic E-state index is 0.338. The van der Waals surface area contributed by atoms with E-state index in [0.29, 0.717) is 16.3 Å². The molecule has 0 spiro atoms. The number of methoxy groups -OCH3 is 1. The van der Waals surface area contributed by atoms with Crippen LogP contribution in [0, 0.1) is 0 Å². The smallest absolute Gasteiger partial charge is 0.275 e. The van der Waals surface area contributed by atoms with Gasteiger partial charge in [0.1, 0.15) is 5.75 Å². The van der Waals surface area contributed by atoms with Crippen LogP contribution in [-0.2, 0) is 0 Å². The highest BCUT2D eigenvalue weighted by Gasteiger charge is 2.11. The van der Waals surface area contributed by atoms with E-state index in [1.807, 2.05) is 30.3 Å². The van der Waals surface area contributed by atoms with Gasteiger partial charge in [0.05, 0.1) is 18.9 Å². The maximum Gasteiger partial charge on any atom is 0.275 e. The van der Waals surface area contributed by atoms with Crippen molar-refractivity contribution in [1.29, 1.82) is 0 Å². The van der Waals surface area contributed by atoms with Gasteiger partial charge in [0.25, 0.3) is 5.91 Å². The number of hydrazone groups is 1. The SMILES string of the molecule is COc1ccc(Cl)cc1C(=O)N/N=C/c1ccccc1. The second kappa shape index (κ2) is 6.73. The Balaban J connectivity index is 2.09. The summed E-state index contributed by atoms with van der Waals surface area (Å²) in [6.45, 7) is 0. The predicted octanol–water partition coefficient (Wildman–Crippen LogP) is 3.11. The van der Waals surface area contributed by atoms with E-state index in [-0.39, 0.29) is 5.91 Å². The molecule has 0 saturated carbocycles. The molecule has 0 bridgehead atoms. The number of hydrogen-bond acceptors (Lipinski definition) is 3. The van der Waals surface area contributed by atoms with Crippen molar-refractivity contribution in [2.75, 3.05) is 7.11 Å². The minimum atomic E-state index is -0.378. The molecule has 20 heavy (non-hydrogen) atoms. The van der Waals surface area contributed by atoms with E-state index in [0.717, 1.165) is 5.56 Å². The van der Waals surface area contributed by atoms with Crippen LogP contribution >= 0.6 is 11.6 Å². The van der Waals surface area contributed by atoms with Gasteiger partial charge >= 0.3 is 0 Å². The third-order valence-corrected chi connectivity index (χ3v) is 2.82. The molecule has 2 rings (SSSR count). The summed E-state index contributed by atoms with van der Waals surface area (Å²) in [5, 5.41) is 4.36. The highest BCUT2D eigenvalue weighted by Crippen LogP contribution is 2.22. The second-order valence-corrected chi connectivity index (χ2v) is 4.39. The summed E-state index contributed by atoms with van der Waals surface area (Å²) in [5.74, 6) is 0.0679. The lowest BCUT2D eigenvalue weighted by atomic mass is 10.2. The van der Waals surface area contributed by atoms with Crippen LogP contribution in [0.15, 0.2) is 53.6 Å². The average Bonchev–Trinajstić information content (AvgIpc) is 2.48. The molecule has 102 valence electrons. The lowest BCUT2D eigenvalue weighted by molar-refractivity contribution is 0.0952. The Morgan fingerprint density at radius 3 is 2.70 bits per heavy atom. The van der Waals surface area contributed by atoms with Gasteiger partial charge in [-0.2, -0.15) is 5.10 Å². The largest absolute Gasteiger partial charge is 0.496 e. The summed E-state index contributed by atoms with van der Waals surface area (Å²) in [6, 6.07) is 14.3. The number of nitrogens with one attached hydrogen (secondary N) is 1. The molecule has 0 heterocycles. The number of carbonyl (C=O) groups excluding carboxylic acids is 1.